The molecule has 1 saturated heterocycles. The Kier molecular flexibility index (Phi) is 7.64. The van der Waals surface area contributed by atoms with E-state index in [1.165, 1.54) is 49.3 Å². The summed E-state index contributed by atoms with van der Waals surface area (Å²) in [5.74, 6) is -0.298. The molecule has 1 aromatic heterocycles. The lowest BCUT2D eigenvalue weighted by molar-refractivity contribution is -0.120. The van der Waals surface area contributed by atoms with Crippen molar-refractivity contribution in [3.63, 3.8) is 0 Å². The maximum atomic E-state index is 12.3. The molecule has 2 heterocycles. The number of likely N-dealkylation sites (tertiary alicyclic amines) is 1. The van der Waals surface area contributed by atoms with E-state index >= 15 is 0 Å². The monoisotopic (exact) mass is 448 g/mol. The number of benzene rings is 2. The fourth-order valence-electron chi connectivity index (χ4n) is 3.77. The highest BCUT2D eigenvalue weighted by molar-refractivity contribution is 7.14. The molecule has 166 valence electrons. The van der Waals surface area contributed by atoms with Gasteiger partial charge in [-0.2, -0.15) is 0 Å². The van der Waals surface area contributed by atoms with Gasteiger partial charge >= 0.3 is 0 Å². The number of nitrogens with one attached hydrogen (secondary N) is 2. The minimum atomic E-state index is -0.209. The van der Waals surface area contributed by atoms with E-state index in [9.17, 15) is 9.59 Å². The summed E-state index contributed by atoms with van der Waals surface area (Å²) in [7, 11) is 0. The third kappa shape index (κ3) is 6.48. The minimum Gasteiger partial charge on any atom is -0.352 e. The molecule has 32 heavy (non-hydrogen) atoms. The summed E-state index contributed by atoms with van der Waals surface area (Å²) >= 11 is 1.32. The van der Waals surface area contributed by atoms with Crippen molar-refractivity contribution in [2.75, 3.05) is 18.4 Å². The second kappa shape index (κ2) is 11.0. The second-order valence-corrected chi connectivity index (χ2v) is 8.93. The number of rotatable bonds is 8. The zero-order valence-corrected chi connectivity index (χ0v) is 18.9. The van der Waals surface area contributed by atoms with Gasteiger partial charge in [0.05, 0.1) is 12.1 Å². The summed E-state index contributed by atoms with van der Waals surface area (Å²) in [6, 6.07) is 17.5. The molecule has 1 aliphatic rings. The van der Waals surface area contributed by atoms with Crippen molar-refractivity contribution in [1.82, 2.24) is 15.2 Å². The van der Waals surface area contributed by atoms with Crippen molar-refractivity contribution in [3.8, 4) is 0 Å². The second-order valence-electron chi connectivity index (χ2n) is 8.07. The number of thiazole rings is 1. The van der Waals surface area contributed by atoms with Gasteiger partial charge in [-0.25, -0.2) is 4.98 Å². The number of hydrogen-bond donors (Lipinski definition) is 2. The first-order valence-electron chi connectivity index (χ1n) is 11.0. The Morgan fingerprint density at radius 1 is 0.938 bits per heavy atom. The smallest absolute Gasteiger partial charge is 0.257 e. The van der Waals surface area contributed by atoms with Crippen LogP contribution in [0.15, 0.2) is 60.0 Å². The normalized spacial score (nSPS) is 14.1. The standard InChI is InChI=1S/C25H28N4O2S/c30-23(15-22-18-32-25(27-22)28-24(31)21-7-3-1-4-8-21)26-16-19-9-11-20(12-10-19)17-29-13-5-2-6-14-29/h1,3-4,7-12,18H,2,5-6,13-17H2,(H,26,30)(H,27,28,31). The van der Waals surface area contributed by atoms with Gasteiger partial charge in [-0.1, -0.05) is 48.9 Å². The fourth-order valence-corrected chi connectivity index (χ4v) is 4.48. The summed E-state index contributed by atoms with van der Waals surface area (Å²) < 4.78 is 0. The van der Waals surface area contributed by atoms with Crippen LogP contribution in [-0.4, -0.2) is 34.8 Å². The van der Waals surface area contributed by atoms with Crippen LogP contribution in [0.5, 0.6) is 0 Å². The molecule has 2 N–H and O–H groups in total. The Balaban J connectivity index is 1.21. The minimum absolute atomic E-state index is 0.0892. The lowest BCUT2D eigenvalue weighted by Gasteiger charge is -2.26. The van der Waals surface area contributed by atoms with E-state index in [1.54, 1.807) is 17.5 Å². The van der Waals surface area contributed by atoms with E-state index in [4.69, 9.17) is 0 Å². The topological polar surface area (TPSA) is 74.3 Å². The summed E-state index contributed by atoms with van der Waals surface area (Å²) in [4.78, 5) is 31.4. The fraction of sp³-hybridized carbons (Fsp3) is 0.320. The highest BCUT2D eigenvalue weighted by Crippen LogP contribution is 2.17. The Morgan fingerprint density at radius 2 is 1.66 bits per heavy atom. The lowest BCUT2D eigenvalue weighted by atomic mass is 10.1. The van der Waals surface area contributed by atoms with E-state index < -0.39 is 0 Å². The van der Waals surface area contributed by atoms with E-state index in [0.29, 0.717) is 22.9 Å². The molecule has 2 aromatic carbocycles. The molecule has 7 heteroatoms. The van der Waals surface area contributed by atoms with Gasteiger partial charge in [0.1, 0.15) is 0 Å². The molecule has 0 atom stereocenters. The Morgan fingerprint density at radius 3 is 2.41 bits per heavy atom. The van der Waals surface area contributed by atoms with Crippen LogP contribution in [0, 0.1) is 0 Å². The predicted octanol–water partition coefficient (Wildman–Crippen LogP) is 4.24. The molecule has 1 aliphatic heterocycles. The molecular weight excluding hydrogens is 420 g/mol. The summed E-state index contributed by atoms with van der Waals surface area (Å²) in [5.41, 5.74) is 3.61. The summed E-state index contributed by atoms with van der Waals surface area (Å²) in [6.45, 7) is 3.86. The van der Waals surface area contributed by atoms with Crippen molar-refractivity contribution >= 4 is 28.3 Å². The van der Waals surface area contributed by atoms with Crippen molar-refractivity contribution in [2.24, 2.45) is 0 Å². The number of nitrogens with zero attached hydrogens (tertiary/aromatic N) is 2. The molecular formula is C25H28N4O2S. The van der Waals surface area contributed by atoms with Gasteiger partial charge < -0.3 is 5.32 Å². The maximum absolute atomic E-state index is 12.3. The van der Waals surface area contributed by atoms with E-state index in [0.717, 1.165) is 12.1 Å². The van der Waals surface area contributed by atoms with Gasteiger partial charge in [-0.15, -0.1) is 11.3 Å². The van der Waals surface area contributed by atoms with Crippen molar-refractivity contribution < 1.29 is 9.59 Å². The van der Waals surface area contributed by atoms with Crippen LogP contribution in [0.4, 0.5) is 5.13 Å². The van der Waals surface area contributed by atoms with Crippen LogP contribution in [0.3, 0.4) is 0 Å². The number of carbonyl (C=O) groups excluding carboxylic acids is 2. The van der Waals surface area contributed by atoms with Crippen molar-refractivity contribution in [1.29, 1.82) is 0 Å². The first-order valence-corrected chi connectivity index (χ1v) is 11.9. The molecule has 0 spiro atoms. The van der Waals surface area contributed by atoms with Crippen LogP contribution in [0.1, 0.15) is 46.4 Å². The molecule has 6 nitrogen and oxygen atoms in total. The average molecular weight is 449 g/mol. The van der Waals surface area contributed by atoms with Gasteiger partial charge in [0.25, 0.3) is 5.91 Å². The molecule has 0 radical (unpaired) electrons. The molecule has 0 unspecified atom stereocenters. The van der Waals surface area contributed by atoms with Crippen molar-refractivity contribution in [3.05, 3.63) is 82.4 Å². The van der Waals surface area contributed by atoms with Crippen molar-refractivity contribution in [2.45, 2.75) is 38.8 Å². The zero-order valence-electron chi connectivity index (χ0n) is 18.0. The van der Waals surface area contributed by atoms with Gasteiger partial charge in [0.2, 0.25) is 5.91 Å². The van der Waals surface area contributed by atoms with Gasteiger partial charge in [0, 0.05) is 24.0 Å². The molecule has 1 fully saturated rings. The summed E-state index contributed by atoms with van der Waals surface area (Å²) in [5, 5.41) is 8.02. The van der Waals surface area contributed by atoms with Crippen LogP contribution >= 0.6 is 11.3 Å². The molecule has 0 bridgehead atoms. The highest BCUT2D eigenvalue weighted by atomic mass is 32.1. The number of carbonyl (C=O) groups is 2. The van der Waals surface area contributed by atoms with Gasteiger partial charge in [-0.05, 0) is 49.2 Å². The quantitative estimate of drug-likeness (QED) is 0.541. The molecule has 2 amide bonds. The number of amides is 2. The van der Waals surface area contributed by atoms with Crippen LogP contribution < -0.4 is 10.6 Å². The van der Waals surface area contributed by atoms with Crippen LogP contribution in [0.2, 0.25) is 0 Å². The first kappa shape index (κ1) is 22.2. The molecule has 4 rings (SSSR count). The SMILES string of the molecule is O=C(Cc1csc(NC(=O)c2ccccc2)n1)NCc1ccc(CN2CCCCC2)cc1. The Bertz CT molecular complexity index is 1030. The molecule has 3 aromatic rings. The largest absolute Gasteiger partial charge is 0.352 e. The van der Waals surface area contributed by atoms with Crippen LogP contribution in [-0.2, 0) is 24.3 Å². The van der Waals surface area contributed by atoms with E-state index in [2.05, 4.69) is 44.8 Å². The lowest BCUT2D eigenvalue weighted by Crippen LogP contribution is -2.29. The number of hydrogen-bond acceptors (Lipinski definition) is 5. The predicted molar refractivity (Wildman–Crippen MR) is 128 cm³/mol. The van der Waals surface area contributed by atoms with E-state index in [1.807, 2.05) is 18.2 Å². The zero-order chi connectivity index (χ0) is 22.2. The first-order chi connectivity index (χ1) is 15.7. The van der Waals surface area contributed by atoms with Gasteiger partial charge in [0.15, 0.2) is 5.13 Å². The van der Waals surface area contributed by atoms with Gasteiger partial charge in [-0.3, -0.25) is 19.8 Å². The third-order valence-corrected chi connectivity index (χ3v) is 6.32. The average Bonchev–Trinajstić information content (AvgIpc) is 3.26. The third-order valence-electron chi connectivity index (χ3n) is 5.52. The Labute approximate surface area is 192 Å². The molecule has 0 aliphatic carbocycles. The molecule has 0 saturated carbocycles. The number of anilines is 1. The number of piperidine rings is 1. The Hall–Kier alpha value is -3.03. The van der Waals surface area contributed by atoms with Crippen LogP contribution in [0.25, 0.3) is 0 Å². The number of aromatic nitrogens is 1. The summed E-state index contributed by atoms with van der Waals surface area (Å²) in [6.07, 6.45) is 4.12. The maximum Gasteiger partial charge on any atom is 0.257 e. The van der Waals surface area contributed by atoms with E-state index in [-0.39, 0.29) is 18.2 Å². The highest BCUT2D eigenvalue weighted by Gasteiger charge is 2.12.